The van der Waals surface area contributed by atoms with Crippen LogP contribution in [0.15, 0.2) is 36.0 Å². The number of piperidine rings is 1. The van der Waals surface area contributed by atoms with Gasteiger partial charge >= 0.3 is 0 Å². The van der Waals surface area contributed by atoms with Crippen LogP contribution in [0.1, 0.15) is 51.0 Å². The molecule has 134 valence electrons. The van der Waals surface area contributed by atoms with E-state index in [-0.39, 0.29) is 17.9 Å². The molecule has 4 rings (SSSR count). The van der Waals surface area contributed by atoms with Crippen molar-refractivity contribution in [2.45, 2.75) is 25.3 Å². The van der Waals surface area contributed by atoms with E-state index in [1.165, 1.54) is 17.5 Å². The average Bonchev–Trinajstić information content (AvgIpc) is 3.36. The van der Waals surface area contributed by atoms with E-state index in [0.29, 0.717) is 11.2 Å². The monoisotopic (exact) mass is 369 g/mol. The normalized spacial score (nSPS) is 17.4. The lowest BCUT2D eigenvalue weighted by Crippen LogP contribution is -2.39. The minimum Gasteiger partial charge on any atom is -0.355 e. The van der Waals surface area contributed by atoms with Crippen LogP contribution in [0.5, 0.6) is 0 Å². The van der Waals surface area contributed by atoms with E-state index in [2.05, 4.69) is 15.4 Å². The van der Waals surface area contributed by atoms with Crippen molar-refractivity contribution in [3.05, 3.63) is 52.1 Å². The molecule has 0 unspecified atom stereocenters. The van der Waals surface area contributed by atoms with Gasteiger partial charge in [0.05, 0.1) is 22.8 Å². The maximum atomic E-state index is 13.0. The van der Waals surface area contributed by atoms with Gasteiger partial charge in [-0.1, -0.05) is 6.07 Å². The summed E-state index contributed by atoms with van der Waals surface area (Å²) in [5.74, 6) is -0.173. The molecule has 0 radical (unpaired) electrons. The van der Waals surface area contributed by atoms with E-state index in [4.69, 9.17) is 0 Å². The third-order valence-electron chi connectivity index (χ3n) is 4.74. The molecule has 3 aromatic rings. The molecule has 26 heavy (non-hydrogen) atoms. The van der Waals surface area contributed by atoms with E-state index in [9.17, 15) is 9.59 Å². The molecule has 1 saturated heterocycles. The number of thiophene rings is 1. The molecule has 7 nitrogen and oxygen atoms in total. The van der Waals surface area contributed by atoms with Crippen LogP contribution in [0.2, 0.25) is 0 Å². The van der Waals surface area contributed by atoms with Gasteiger partial charge in [0.25, 0.3) is 11.8 Å². The molecule has 2 amide bonds. The topological polar surface area (TPSA) is 79.6 Å². The summed E-state index contributed by atoms with van der Waals surface area (Å²) in [4.78, 5) is 32.0. The summed E-state index contributed by atoms with van der Waals surface area (Å²) in [6, 6.07) is 5.56. The van der Waals surface area contributed by atoms with Gasteiger partial charge in [0.15, 0.2) is 5.65 Å². The molecule has 0 bridgehead atoms. The number of amides is 2. The zero-order chi connectivity index (χ0) is 18.1. The van der Waals surface area contributed by atoms with E-state index in [0.717, 1.165) is 36.4 Å². The van der Waals surface area contributed by atoms with Gasteiger partial charge in [0.2, 0.25) is 0 Å². The molecule has 0 saturated carbocycles. The molecule has 1 aliphatic heterocycles. The highest BCUT2D eigenvalue weighted by atomic mass is 32.1. The van der Waals surface area contributed by atoms with Gasteiger partial charge in [0, 0.05) is 19.8 Å². The summed E-state index contributed by atoms with van der Waals surface area (Å²) >= 11 is 1.46. The number of carbonyl (C=O) groups excluding carboxylic acids is 2. The number of rotatable bonds is 3. The minimum atomic E-state index is -0.222. The van der Waals surface area contributed by atoms with E-state index in [1.54, 1.807) is 17.8 Å². The van der Waals surface area contributed by atoms with Crippen molar-refractivity contribution in [3.63, 3.8) is 0 Å². The molecule has 8 heteroatoms. The van der Waals surface area contributed by atoms with Gasteiger partial charge in [-0.2, -0.15) is 5.10 Å². The molecule has 3 aromatic heterocycles. The Bertz CT molecular complexity index is 950. The molecule has 1 aliphatic rings. The SMILES string of the molecule is CNC(=O)c1cnn2c([C@H]3CCCCN3C(=O)c3cccs3)ccnc12. The fraction of sp³-hybridized carbons (Fsp3) is 0.333. The molecule has 1 N–H and O–H groups in total. The summed E-state index contributed by atoms with van der Waals surface area (Å²) in [7, 11) is 1.58. The first kappa shape index (κ1) is 16.7. The molecular formula is C18H19N5O2S. The number of fused-ring (bicyclic) bond motifs is 1. The Morgan fingerprint density at radius 3 is 2.96 bits per heavy atom. The second-order valence-corrected chi connectivity index (χ2v) is 7.18. The number of nitrogens with one attached hydrogen (secondary N) is 1. The zero-order valence-electron chi connectivity index (χ0n) is 14.4. The van der Waals surface area contributed by atoms with Crippen LogP contribution in [0.4, 0.5) is 0 Å². The Morgan fingerprint density at radius 1 is 1.31 bits per heavy atom. The summed E-state index contributed by atoms with van der Waals surface area (Å²) in [5, 5.41) is 8.90. The predicted molar refractivity (Wildman–Crippen MR) is 98.3 cm³/mol. The Labute approximate surface area is 154 Å². The molecule has 0 aliphatic carbocycles. The predicted octanol–water partition coefficient (Wildman–Crippen LogP) is 2.52. The summed E-state index contributed by atoms with van der Waals surface area (Å²) in [6.07, 6.45) is 6.11. The summed E-state index contributed by atoms with van der Waals surface area (Å²) in [5.41, 5.74) is 1.83. The minimum absolute atomic E-state index is 0.0494. The first-order valence-corrected chi connectivity index (χ1v) is 9.48. The Morgan fingerprint density at radius 2 is 2.19 bits per heavy atom. The van der Waals surface area contributed by atoms with Crippen molar-refractivity contribution >= 4 is 28.8 Å². The van der Waals surface area contributed by atoms with Crippen LogP contribution in [-0.4, -0.2) is 44.9 Å². The first-order chi connectivity index (χ1) is 12.7. The lowest BCUT2D eigenvalue weighted by Gasteiger charge is -2.35. The molecule has 1 atom stereocenters. The molecule has 0 aromatic carbocycles. The fourth-order valence-corrected chi connectivity index (χ4v) is 4.16. The smallest absolute Gasteiger partial charge is 0.264 e. The van der Waals surface area contributed by atoms with Crippen molar-refractivity contribution in [1.29, 1.82) is 0 Å². The quantitative estimate of drug-likeness (QED) is 0.769. The van der Waals surface area contributed by atoms with E-state index >= 15 is 0 Å². The highest BCUT2D eigenvalue weighted by molar-refractivity contribution is 7.12. The van der Waals surface area contributed by atoms with Gasteiger partial charge in [-0.15, -0.1) is 11.3 Å². The van der Waals surface area contributed by atoms with Crippen molar-refractivity contribution in [1.82, 2.24) is 24.8 Å². The van der Waals surface area contributed by atoms with Crippen molar-refractivity contribution in [3.8, 4) is 0 Å². The van der Waals surface area contributed by atoms with Crippen molar-refractivity contribution in [2.75, 3.05) is 13.6 Å². The molecule has 0 spiro atoms. The van der Waals surface area contributed by atoms with Crippen LogP contribution in [0.25, 0.3) is 5.65 Å². The Kier molecular flexibility index (Phi) is 4.42. The lowest BCUT2D eigenvalue weighted by atomic mass is 9.98. The Balaban J connectivity index is 1.76. The van der Waals surface area contributed by atoms with Crippen molar-refractivity contribution in [2.24, 2.45) is 0 Å². The second kappa shape index (κ2) is 6.87. The Hall–Kier alpha value is -2.74. The van der Waals surface area contributed by atoms with Crippen LogP contribution in [-0.2, 0) is 0 Å². The lowest BCUT2D eigenvalue weighted by molar-refractivity contribution is 0.0608. The molecule has 1 fully saturated rings. The van der Waals surface area contributed by atoms with Crippen LogP contribution in [0, 0.1) is 0 Å². The number of carbonyl (C=O) groups is 2. The van der Waals surface area contributed by atoms with Gasteiger partial charge in [-0.05, 0) is 36.8 Å². The summed E-state index contributed by atoms with van der Waals surface area (Å²) < 4.78 is 1.69. The largest absolute Gasteiger partial charge is 0.355 e. The number of hydrogen-bond donors (Lipinski definition) is 1. The average molecular weight is 369 g/mol. The van der Waals surface area contributed by atoms with E-state index in [1.807, 2.05) is 28.5 Å². The molecule has 4 heterocycles. The van der Waals surface area contributed by atoms with E-state index < -0.39 is 0 Å². The van der Waals surface area contributed by atoms with Gasteiger partial charge in [-0.3, -0.25) is 9.59 Å². The standard InChI is InChI=1S/C18H19N5O2S/c1-19-17(24)12-11-21-23-14(7-8-20-16(12)23)13-5-2-3-9-22(13)18(25)15-6-4-10-26-15/h4,6-8,10-11,13H,2-3,5,9H2,1H3,(H,19,24)/t13-/m1/s1. The third kappa shape index (κ3) is 2.76. The highest BCUT2D eigenvalue weighted by Gasteiger charge is 2.31. The van der Waals surface area contributed by atoms with Gasteiger partial charge in [-0.25, -0.2) is 9.50 Å². The van der Waals surface area contributed by atoms with Crippen molar-refractivity contribution < 1.29 is 9.59 Å². The zero-order valence-corrected chi connectivity index (χ0v) is 15.2. The summed E-state index contributed by atoms with van der Waals surface area (Å²) in [6.45, 7) is 0.717. The number of hydrogen-bond acceptors (Lipinski definition) is 5. The van der Waals surface area contributed by atoms with Crippen LogP contribution in [0.3, 0.4) is 0 Å². The first-order valence-electron chi connectivity index (χ1n) is 8.60. The third-order valence-corrected chi connectivity index (χ3v) is 5.60. The maximum Gasteiger partial charge on any atom is 0.264 e. The van der Waals surface area contributed by atoms with Crippen LogP contribution < -0.4 is 5.32 Å². The second-order valence-electron chi connectivity index (χ2n) is 6.23. The molecular weight excluding hydrogens is 350 g/mol. The van der Waals surface area contributed by atoms with Gasteiger partial charge in [0.1, 0.15) is 5.56 Å². The van der Waals surface area contributed by atoms with Crippen LogP contribution >= 0.6 is 11.3 Å². The van der Waals surface area contributed by atoms with Gasteiger partial charge < -0.3 is 10.2 Å². The number of likely N-dealkylation sites (tertiary alicyclic amines) is 1. The maximum absolute atomic E-state index is 13.0. The number of aromatic nitrogens is 3. The highest BCUT2D eigenvalue weighted by Crippen LogP contribution is 2.33. The number of nitrogens with zero attached hydrogens (tertiary/aromatic N) is 4. The fourth-order valence-electron chi connectivity index (χ4n) is 3.48.